The van der Waals surface area contributed by atoms with Gasteiger partial charge in [0.1, 0.15) is 23.0 Å². The highest BCUT2D eigenvalue weighted by Crippen LogP contribution is 2.27. The van der Waals surface area contributed by atoms with Crippen LogP contribution in [0, 0.1) is 0 Å². The lowest BCUT2D eigenvalue weighted by Gasteiger charge is -2.24. The van der Waals surface area contributed by atoms with Gasteiger partial charge < -0.3 is 10.2 Å². The number of pyridine rings is 2. The monoisotopic (exact) mass is 360 g/mol. The number of carbonyl (C=O) groups is 1. The fraction of sp³-hybridized carbons (Fsp3) is 0.278. The maximum absolute atomic E-state index is 14.7. The van der Waals surface area contributed by atoms with Crippen molar-refractivity contribution in [1.82, 2.24) is 14.9 Å². The van der Waals surface area contributed by atoms with E-state index in [4.69, 9.17) is 11.6 Å². The van der Waals surface area contributed by atoms with Gasteiger partial charge in [0.15, 0.2) is 0 Å². The molecule has 0 aromatic carbocycles. The van der Waals surface area contributed by atoms with E-state index in [0.29, 0.717) is 17.9 Å². The van der Waals surface area contributed by atoms with E-state index < -0.39 is 5.91 Å². The molecule has 1 amide bonds. The summed E-state index contributed by atoms with van der Waals surface area (Å²) in [4.78, 5) is 22.5. The molecule has 5 nitrogen and oxygen atoms in total. The minimum atomic E-state index is -0.423. The summed E-state index contributed by atoms with van der Waals surface area (Å²) in [5.74, 6) is -0.439. The van der Waals surface area contributed by atoms with E-state index in [1.54, 1.807) is 24.3 Å². The van der Waals surface area contributed by atoms with Crippen molar-refractivity contribution in [2.75, 3.05) is 25.5 Å². The van der Waals surface area contributed by atoms with Gasteiger partial charge in [-0.25, -0.2) is 14.4 Å². The summed E-state index contributed by atoms with van der Waals surface area (Å²) in [6.45, 7) is 1.67. The van der Waals surface area contributed by atoms with Gasteiger partial charge in [0.2, 0.25) is 0 Å². The van der Waals surface area contributed by atoms with E-state index in [2.05, 4.69) is 20.2 Å². The molecule has 2 aromatic heterocycles. The molecule has 1 saturated heterocycles. The van der Waals surface area contributed by atoms with Crippen LogP contribution in [0.5, 0.6) is 0 Å². The number of amides is 1. The third-order valence-electron chi connectivity index (χ3n) is 4.08. The van der Waals surface area contributed by atoms with Gasteiger partial charge in [0.25, 0.3) is 5.91 Å². The van der Waals surface area contributed by atoms with Crippen molar-refractivity contribution in [3.8, 4) is 0 Å². The average molecular weight is 361 g/mol. The Bertz CT molecular complexity index is 797. The maximum atomic E-state index is 14.7. The topological polar surface area (TPSA) is 58.1 Å². The number of carbonyl (C=O) groups excluding carboxylic acids is 1. The third-order valence-corrected chi connectivity index (χ3v) is 4.30. The standard InChI is InChI=1S/C18H18ClFN4O/c1-24-9-7-12(8-10-24)17(20)14-3-2-4-16(22-14)23-18(25)15-6-5-13(19)11-21-15/h2-6,11H,7-10H2,1H3,(H,22,23,25). The zero-order valence-corrected chi connectivity index (χ0v) is 14.6. The summed E-state index contributed by atoms with van der Waals surface area (Å²) in [7, 11) is 2.02. The van der Waals surface area contributed by atoms with Crippen molar-refractivity contribution in [1.29, 1.82) is 0 Å². The SMILES string of the molecule is CN1CCC(=C(F)c2cccc(NC(=O)c3ccc(Cl)cn3)n2)CC1. The number of piperidine rings is 1. The maximum Gasteiger partial charge on any atom is 0.275 e. The highest BCUT2D eigenvalue weighted by atomic mass is 35.5. The molecule has 3 rings (SSSR count). The summed E-state index contributed by atoms with van der Waals surface area (Å²) < 4.78 is 14.7. The molecule has 1 fully saturated rings. The number of rotatable bonds is 3. The Kier molecular flexibility index (Phi) is 5.40. The Morgan fingerprint density at radius 3 is 2.64 bits per heavy atom. The van der Waals surface area contributed by atoms with Crippen molar-refractivity contribution in [3.05, 3.63) is 58.5 Å². The predicted molar refractivity (Wildman–Crippen MR) is 96.2 cm³/mol. The molecule has 0 radical (unpaired) electrons. The molecule has 3 heterocycles. The highest BCUT2D eigenvalue weighted by molar-refractivity contribution is 6.30. The van der Waals surface area contributed by atoms with Crippen LogP contribution >= 0.6 is 11.6 Å². The zero-order valence-electron chi connectivity index (χ0n) is 13.8. The fourth-order valence-electron chi connectivity index (χ4n) is 2.61. The van der Waals surface area contributed by atoms with Crippen LogP contribution in [0.2, 0.25) is 5.02 Å². The lowest BCUT2D eigenvalue weighted by Crippen LogP contribution is -2.26. The van der Waals surface area contributed by atoms with Crippen LogP contribution in [0.1, 0.15) is 29.0 Å². The zero-order chi connectivity index (χ0) is 17.8. The molecule has 1 N–H and O–H groups in total. The van der Waals surface area contributed by atoms with Crippen LogP contribution in [0.25, 0.3) is 5.83 Å². The van der Waals surface area contributed by atoms with Gasteiger partial charge in [-0.3, -0.25) is 4.79 Å². The first-order chi connectivity index (χ1) is 12.0. The van der Waals surface area contributed by atoms with Crippen LogP contribution in [-0.2, 0) is 0 Å². The normalized spacial score (nSPS) is 15.1. The van der Waals surface area contributed by atoms with Crippen LogP contribution < -0.4 is 5.32 Å². The lowest BCUT2D eigenvalue weighted by molar-refractivity contribution is 0.102. The molecule has 2 aromatic rings. The number of nitrogens with one attached hydrogen (secondary N) is 1. The van der Waals surface area contributed by atoms with Gasteiger partial charge in [-0.1, -0.05) is 17.7 Å². The van der Waals surface area contributed by atoms with E-state index in [1.165, 1.54) is 12.3 Å². The molecule has 0 unspecified atom stereocenters. The second-order valence-corrected chi connectivity index (χ2v) is 6.38. The van der Waals surface area contributed by atoms with Crippen molar-refractivity contribution in [3.63, 3.8) is 0 Å². The smallest absolute Gasteiger partial charge is 0.275 e. The molecular weight excluding hydrogens is 343 g/mol. The molecule has 0 atom stereocenters. The van der Waals surface area contributed by atoms with E-state index in [-0.39, 0.29) is 23.0 Å². The van der Waals surface area contributed by atoms with Crippen molar-refractivity contribution >= 4 is 29.2 Å². The molecule has 7 heteroatoms. The Hall–Kier alpha value is -2.31. The summed E-state index contributed by atoms with van der Waals surface area (Å²) in [6, 6.07) is 7.99. The minimum Gasteiger partial charge on any atom is -0.306 e. The second-order valence-electron chi connectivity index (χ2n) is 5.94. The van der Waals surface area contributed by atoms with Crippen LogP contribution in [0.15, 0.2) is 42.1 Å². The molecule has 1 aliphatic heterocycles. The summed E-state index contributed by atoms with van der Waals surface area (Å²) in [5.41, 5.74) is 1.22. The predicted octanol–water partition coefficient (Wildman–Crippen LogP) is 3.79. The number of halogens is 2. The molecule has 0 spiro atoms. The van der Waals surface area contributed by atoms with Gasteiger partial charge in [-0.2, -0.15) is 0 Å². The third kappa shape index (κ3) is 4.41. The molecule has 25 heavy (non-hydrogen) atoms. The van der Waals surface area contributed by atoms with Crippen molar-refractivity contribution < 1.29 is 9.18 Å². The highest BCUT2D eigenvalue weighted by Gasteiger charge is 2.17. The van der Waals surface area contributed by atoms with E-state index >= 15 is 0 Å². The minimum absolute atomic E-state index is 0.214. The molecular formula is C18H18ClFN4O. The largest absolute Gasteiger partial charge is 0.306 e. The first-order valence-electron chi connectivity index (χ1n) is 7.99. The number of nitrogens with zero attached hydrogens (tertiary/aromatic N) is 3. The van der Waals surface area contributed by atoms with Gasteiger partial charge in [0, 0.05) is 19.3 Å². The molecule has 0 saturated carbocycles. The Labute approximate surface area is 150 Å². The van der Waals surface area contributed by atoms with E-state index in [9.17, 15) is 9.18 Å². The first-order valence-corrected chi connectivity index (χ1v) is 8.37. The Balaban J connectivity index is 1.76. The van der Waals surface area contributed by atoms with Gasteiger partial charge in [-0.15, -0.1) is 0 Å². The lowest BCUT2D eigenvalue weighted by atomic mass is 10.0. The van der Waals surface area contributed by atoms with E-state index in [0.717, 1.165) is 18.7 Å². The van der Waals surface area contributed by atoms with Crippen LogP contribution in [0.4, 0.5) is 10.2 Å². The molecule has 0 bridgehead atoms. The number of likely N-dealkylation sites (tertiary alicyclic amines) is 1. The van der Waals surface area contributed by atoms with Crippen LogP contribution in [0.3, 0.4) is 0 Å². The van der Waals surface area contributed by atoms with Gasteiger partial charge >= 0.3 is 0 Å². The van der Waals surface area contributed by atoms with E-state index in [1.807, 2.05) is 7.05 Å². The number of hydrogen-bond acceptors (Lipinski definition) is 4. The quantitative estimate of drug-likeness (QED) is 0.904. The van der Waals surface area contributed by atoms with Crippen LogP contribution in [-0.4, -0.2) is 40.9 Å². The summed E-state index contributed by atoms with van der Waals surface area (Å²) in [6.07, 6.45) is 2.77. The van der Waals surface area contributed by atoms with Gasteiger partial charge in [-0.05, 0) is 49.7 Å². The molecule has 0 aliphatic carbocycles. The number of aromatic nitrogens is 2. The fourth-order valence-corrected chi connectivity index (χ4v) is 2.72. The Morgan fingerprint density at radius 1 is 1.20 bits per heavy atom. The van der Waals surface area contributed by atoms with Crippen molar-refractivity contribution in [2.24, 2.45) is 0 Å². The molecule has 130 valence electrons. The molecule has 1 aliphatic rings. The average Bonchev–Trinajstić information content (AvgIpc) is 2.62. The Morgan fingerprint density at radius 2 is 1.96 bits per heavy atom. The van der Waals surface area contributed by atoms with Gasteiger partial charge in [0.05, 0.1) is 5.02 Å². The number of anilines is 1. The first kappa shape index (κ1) is 17.5. The summed E-state index contributed by atoms with van der Waals surface area (Å²) >= 11 is 5.76. The summed E-state index contributed by atoms with van der Waals surface area (Å²) in [5, 5.41) is 3.08. The second kappa shape index (κ2) is 7.72. The number of hydrogen-bond donors (Lipinski definition) is 1. The van der Waals surface area contributed by atoms with Crippen molar-refractivity contribution in [2.45, 2.75) is 12.8 Å².